The lowest BCUT2D eigenvalue weighted by Crippen LogP contribution is -2.43. The third kappa shape index (κ3) is 3.89. The molecule has 8 heteroatoms. The number of halogens is 1. The molecule has 138 valence electrons. The summed E-state index contributed by atoms with van der Waals surface area (Å²) in [6, 6.07) is 4.83. The van der Waals surface area contributed by atoms with Gasteiger partial charge in [-0.2, -0.15) is 4.98 Å². The zero-order valence-corrected chi connectivity index (χ0v) is 14.9. The highest BCUT2D eigenvalue weighted by atomic mass is 19.1. The van der Waals surface area contributed by atoms with Crippen LogP contribution in [0, 0.1) is 5.82 Å². The molecule has 1 fully saturated rings. The Kier molecular flexibility index (Phi) is 4.76. The average molecular weight is 361 g/mol. The highest BCUT2D eigenvalue weighted by Gasteiger charge is 2.38. The van der Waals surface area contributed by atoms with Crippen LogP contribution in [0.4, 0.5) is 9.18 Å². The number of ether oxygens (including phenoxy) is 1. The first-order valence-electron chi connectivity index (χ1n) is 8.38. The molecule has 1 saturated heterocycles. The number of aromatic nitrogens is 2. The molecule has 1 aromatic carbocycles. The number of carbonyl (C=O) groups is 2. The van der Waals surface area contributed by atoms with E-state index in [4.69, 9.17) is 9.26 Å². The minimum atomic E-state index is -0.677. The zero-order chi connectivity index (χ0) is 18.9. The van der Waals surface area contributed by atoms with Crippen LogP contribution in [-0.2, 0) is 4.74 Å². The van der Waals surface area contributed by atoms with Crippen LogP contribution in [0.5, 0.6) is 0 Å². The Hall–Kier alpha value is -2.77. The monoisotopic (exact) mass is 361 g/mol. The van der Waals surface area contributed by atoms with Gasteiger partial charge in [0.2, 0.25) is 11.6 Å². The lowest BCUT2D eigenvalue weighted by molar-refractivity contribution is 0.0221. The van der Waals surface area contributed by atoms with Gasteiger partial charge in [0.15, 0.2) is 0 Å². The number of hydrogen-bond acceptors (Lipinski definition) is 6. The van der Waals surface area contributed by atoms with Crippen LogP contribution in [0.1, 0.15) is 44.2 Å². The molecular weight excluding hydrogens is 341 g/mol. The van der Waals surface area contributed by atoms with Crippen LogP contribution in [0.2, 0.25) is 0 Å². The molecule has 1 atom stereocenters. The van der Waals surface area contributed by atoms with Crippen LogP contribution in [0.3, 0.4) is 0 Å². The molecule has 0 unspecified atom stereocenters. The van der Waals surface area contributed by atoms with Gasteiger partial charge in [0.25, 0.3) is 5.89 Å². The topological polar surface area (TPSA) is 85.5 Å². The Morgan fingerprint density at radius 3 is 2.62 bits per heavy atom. The largest absolute Gasteiger partial charge is 0.444 e. The number of hydrogen-bond donors (Lipinski definition) is 0. The number of Topliss-reactive ketones (excluding diaryl/α,β-unsaturated/α-hetero) is 1. The molecule has 26 heavy (non-hydrogen) atoms. The number of ketones is 1. The standard InChI is InChI=1S/C18H20FN3O4/c1-18(2,3)25-17(24)22-10-4-5-13(22)14(23)15-20-16(26-21-15)11-6-8-12(19)9-7-11/h6-9,13H,4-5,10H2,1-3H3/t13-/m0/s1. The fourth-order valence-electron chi connectivity index (χ4n) is 2.76. The van der Waals surface area contributed by atoms with Gasteiger partial charge in [0.1, 0.15) is 17.5 Å². The van der Waals surface area contributed by atoms with E-state index in [2.05, 4.69) is 10.1 Å². The Morgan fingerprint density at radius 2 is 1.96 bits per heavy atom. The smallest absolute Gasteiger partial charge is 0.410 e. The van der Waals surface area contributed by atoms with Gasteiger partial charge in [-0.05, 0) is 57.9 Å². The molecule has 1 aromatic heterocycles. The molecule has 2 aromatic rings. The van der Waals surface area contributed by atoms with E-state index in [9.17, 15) is 14.0 Å². The summed E-state index contributed by atoms with van der Waals surface area (Å²) in [5.74, 6) is -0.769. The van der Waals surface area contributed by atoms with E-state index < -0.39 is 23.5 Å². The van der Waals surface area contributed by atoms with Crippen LogP contribution < -0.4 is 0 Å². The second-order valence-corrected chi connectivity index (χ2v) is 7.13. The SMILES string of the molecule is CC(C)(C)OC(=O)N1CCC[C@H]1C(=O)c1noc(-c2ccc(F)cc2)n1. The van der Waals surface area contributed by atoms with Crippen molar-refractivity contribution in [3.63, 3.8) is 0 Å². The zero-order valence-electron chi connectivity index (χ0n) is 14.9. The maximum atomic E-state index is 13.0. The van der Waals surface area contributed by atoms with Crippen LogP contribution in [-0.4, -0.2) is 45.1 Å². The normalized spacial score (nSPS) is 17.4. The molecule has 7 nitrogen and oxygen atoms in total. The van der Waals surface area contributed by atoms with E-state index in [-0.39, 0.29) is 17.5 Å². The summed E-state index contributed by atoms with van der Waals surface area (Å²) in [6.45, 7) is 5.75. The summed E-state index contributed by atoms with van der Waals surface area (Å²) in [5.41, 5.74) is -0.136. The lowest BCUT2D eigenvalue weighted by Gasteiger charge is -2.27. The predicted octanol–water partition coefficient (Wildman–Crippen LogP) is 3.46. The van der Waals surface area contributed by atoms with E-state index in [1.807, 2.05) is 0 Å². The Balaban J connectivity index is 1.76. The maximum absolute atomic E-state index is 13.0. The molecule has 0 radical (unpaired) electrons. The molecular formula is C18H20FN3O4. The van der Waals surface area contributed by atoms with E-state index in [1.54, 1.807) is 20.8 Å². The van der Waals surface area contributed by atoms with Crippen LogP contribution in [0.25, 0.3) is 11.5 Å². The third-order valence-electron chi connectivity index (χ3n) is 3.92. The first kappa shape index (κ1) is 18.0. The van der Waals surface area contributed by atoms with Gasteiger partial charge in [-0.3, -0.25) is 9.69 Å². The van der Waals surface area contributed by atoms with Gasteiger partial charge >= 0.3 is 6.09 Å². The highest BCUT2D eigenvalue weighted by molar-refractivity contribution is 5.99. The number of rotatable bonds is 3. The Morgan fingerprint density at radius 1 is 1.27 bits per heavy atom. The van der Waals surface area contributed by atoms with Gasteiger partial charge in [-0.15, -0.1) is 0 Å². The minimum Gasteiger partial charge on any atom is -0.444 e. The first-order chi connectivity index (χ1) is 12.2. The number of benzene rings is 1. The van der Waals surface area contributed by atoms with Crippen molar-refractivity contribution in [2.75, 3.05) is 6.54 Å². The third-order valence-corrected chi connectivity index (χ3v) is 3.92. The van der Waals surface area contributed by atoms with Crippen LogP contribution in [0.15, 0.2) is 28.8 Å². The van der Waals surface area contributed by atoms with Crippen molar-refractivity contribution in [2.45, 2.75) is 45.3 Å². The fraction of sp³-hybridized carbons (Fsp3) is 0.444. The Bertz CT molecular complexity index is 811. The first-order valence-corrected chi connectivity index (χ1v) is 8.38. The predicted molar refractivity (Wildman–Crippen MR) is 90.0 cm³/mol. The molecule has 3 rings (SSSR count). The van der Waals surface area contributed by atoms with E-state index in [0.717, 1.165) is 0 Å². The maximum Gasteiger partial charge on any atom is 0.410 e. The highest BCUT2D eigenvalue weighted by Crippen LogP contribution is 2.24. The summed E-state index contributed by atoms with van der Waals surface area (Å²) < 4.78 is 23.5. The van der Waals surface area contributed by atoms with E-state index >= 15 is 0 Å². The second kappa shape index (κ2) is 6.86. The van der Waals surface area contributed by atoms with E-state index in [1.165, 1.54) is 29.2 Å². The van der Waals surface area contributed by atoms with Gasteiger partial charge in [0, 0.05) is 12.1 Å². The molecule has 0 spiro atoms. The van der Waals surface area contributed by atoms with Crippen molar-refractivity contribution in [3.05, 3.63) is 35.9 Å². The fourth-order valence-corrected chi connectivity index (χ4v) is 2.76. The molecule has 0 saturated carbocycles. The molecule has 1 aliphatic heterocycles. The summed E-state index contributed by atoms with van der Waals surface area (Å²) in [6.07, 6.45) is 0.673. The van der Waals surface area contributed by atoms with Crippen molar-refractivity contribution in [2.24, 2.45) is 0 Å². The molecule has 1 amide bonds. The summed E-state index contributed by atoms with van der Waals surface area (Å²) in [4.78, 5) is 30.5. The molecule has 0 aliphatic carbocycles. The molecule has 1 aliphatic rings. The number of carbonyl (C=O) groups excluding carboxylic acids is 2. The minimum absolute atomic E-state index is 0.107. The Labute approximate surface area is 150 Å². The lowest BCUT2D eigenvalue weighted by atomic mass is 10.1. The van der Waals surface area contributed by atoms with E-state index in [0.29, 0.717) is 24.9 Å². The van der Waals surface area contributed by atoms with Gasteiger partial charge in [-0.1, -0.05) is 5.16 Å². The molecule has 0 bridgehead atoms. The summed E-state index contributed by atoms with van der Waals surface area (Å²) in [5, 5.41) is 3.72. The van der Waals surface area contributed by atoms with Gasteiger partial charge in [-0.25, -0.2) is 9.18 Å². The van der Waals surface area contributed by atoms with Crippen molar-refractivity contribution < 1.29 is 23.2 Å². The second-order valence-electron chi connectivity index (χ2n) is 7.13. The number of nitrogens with zero attached hydrogens (tertiary/aromatic N) is 3. The number of likely N-dealkylation sites (tertiary alicyclic amines) is 1. The van der Waals surface area contributed by atoms with Gasteiger partial charge in [0.05, 0.1) is 0 Å². The molecule has 0 N–H and O–H groups in total. The summed E-state index contributed by atoms with van der Waals surface area (Å²) in [7, 11) is 0. The van der Waals surface area contributed by atoms with Gasteiger partial charge < -0.3 is 9.26 Å². The average Bonchev–Trinajstić information content (AvgIpc) is 3.23. The number of amides is 1. The summed E-state index contributed by atoms with van der Waals surface area (Å²) >= 11 is 0. The quantitative estimate of drug-likeness (QED) is 0.778. The van der Waals surface area contributed by atoms with Crippen molar-refractivity contribution >= 4 is 11.9 Å². The van der Waals surface area contributed by atoms with Crippen molar-refractivity contribution in [1.29, 1.82) is 0 Å². The van der Waals surface area contributed by atoms with Crippen LogP contribution >= 0.6 is 0 Å². The van der Waals surface area contributed by atoms with Crippen molar-refractivity contribution in [3.8, 4) is 11.5 Å². The molecule has 2 heterocycles. The van der Waals surface area contributed by atoms with Crippen molar-refractivity contribution in [1.82, 2.24) is 15.0 Å².